The van der Waals surface area contributed by atoms with E-state index < -0.39 is 18.0 Å². The van der Waals surface area contributed by atoms with Crippen molar-refractivity contribution < 1.29 is 32.5 Å². The summed E-state index contributed by atoms with van der Waals surface area (Å²) < 4.78 is 48.6. The van der Waals surface area contributed by atoms with Gasteiger partial charge >= 0.3 is 12.6 Å². The Morgan fingerprint density at radius 2 is 1.94 bits per heavy atom. The van der Waals surface area contributed by atoms with Crippen molar-refractivity contribution in [3.05, 3.63) is 45.7 Å². The number of hydrogen-bond acceptors (Lipinski definition) is 7. The zero-order valence-electron chi connectivity index (χ0n) is 19.6. The van der Waals surface area contributed by atoms with Gasteiger partial charge in [-0.3, -0.25) is 14.5 Å². The molecule has 4 rings (SSSR count). The van der Waals surface area contributed by atoms with E-state index in [-0.39, 0.29) is 35.3 Å². The Labute approximate surface area is 195 Å². The Morgan fingerprint density at radius 3 is 2.62 bits per heavy atom. The van der Waals surface area contributed by atoms with Crippen LogP contribution < -0.4 is 19.9 Å². The van der Waals surface area contributed by atoms with Gasteiger partial charge in [0.25, 0.3) is 0 Å². The lowest BCUT2D eigenvalue weighted by molar-refractivity contribution is -0.0515. The van der Waals surface area contributed by atoms with Crippen molar-refractivity contribution in [3.63, 3.8) is 0 Å². The summed E-state index contributed by atoms with van der Waals surface area (Å²) in [6.45, 7) is 1.85. The summed E-state index contributed by atoms with van der Waals surface area (Å²) >= 11 is 0. The molecule has 34 heavy (non-hydrogen) atoms. The number of rotatable bonds is 8. The minimum absolute atomic E-state index is 0.0988. The molecule has 2 aliphatic heterocycles. The van der Waals surface area contributed by atoms with Crippen LogP contribution in [0.15, 0.2) is 29.2 Å². The summed E-state index contributed by atoms with van der Waals surface area (Å²) in [5, 5.41) is 2.11. The van der Waals surface area contributed by atoms with Gasteiger partial charge in [-0.05, 0) is 44.4 Å². The molecule has 1 aromatic carbocycles. The van der Waals surface area contributed by atoms with E-state index in [1.165, 1.54) is 25.4 Å². The number of fused-ring (bicyclic) bond motifs is 6. The number of hydrogen-bond donors (Lipinski definition) is 0. The number of aromatic nitrogens is 1. The zero-order valence-corrected chi connectivity index (χ0v) is 19.6. The van der Waals surface area contributed by atoms with Crippen LogP contribution in [-0.2, 0) is 9.47 Å². The summed E-state index contributed by atoms with van der Waals surface area (Å²) in [5.41, 5.74) is 0.987. The first-order valence-corrected chi connectivity index (χ1v) is 11.1. The second kappa shape index (κ2) is 9.25. The second-order valence-electron chi connectivity index (χ2n) is 8.94. The highest BCUT2D eigenvalue weighted by Crippen LogP contribution is 2.50. The van der Waals surface area contributed by atoms with Crippen molar-refractivity contribution in [2.24, 2.45) is 0 Å². The van der Waals surface area contributed by atoms with Crippen molar-refractivity contribution in [2.75, 3.05) is 32.4 Å². The molecule has 0 radical (unpaired) electrons. The van der Waals surface area contributed by atoms with E-state index in [4.69, 9.17) is 18.9 Å². The molecule has 0 unspecified atom stereocenters. The lowest BCUT2D eigenvalue weighted by Crippen LogP contribution is -2.50. The summed E-state index contributed by atoms with van der Waals surface area (Å²) in [6.07, 6.45) is 3.68. The molecule has 8 nitrogen and oxygen atoms in total. The lowest BCUT2D eigenvalue weighted by atomic mass is 9.93. The van der Waals surface area contributed by atoms with Gasteiger partial charge in [0.15, 0.2) is 16.9 Å². The fraction of sp³-hybridized carbons (Fsp3) is 0.500. The molecule has 0 amide bonds. The molecule has 0 spiro atoms. The molecule has 10 heteroatoms. The number of benzene rings is 1. The summed E-state index contributed by atoms with van der Waals surface area (Å²) in [7, 11) is 2.79. The van der Waals surface area contributed by atoms with E-state index in [9.17, 15) is 18.4 Å². The lowest BCUT2D eigenvalue weighted by Gasteiger charge is -2.44. The van der Waals surface area contributed by atoms with Gasteiger partial charge in [0.2, 0.25) is 0 Å². The van der Waals surface area contributed by atoms with Gasteiger partial charge in [0.05, 0.1) is 31.0 Å². The van der Waals surface area contributed by atoms with Gasteiger partial charge < -0.3 is 18.9 Å². The number of pyridine rings is 1. The Kier molecular flexibility index (Phi) is 6.53. The molecule has 184 valence electrons. The molecule has 1 fully saturated rings. The molecule has 0 bridgehead atoms. The minimum atomic E-state index is -3.05. The third kappa shape index (κ3) is 4.22. The monoisotopic (exact) mass is 478 g/mol. The maximum atomic E-state index is 13.2. The number of ether oxygens (including phenoxy) is 4. The van der Waals surface area contributed by atoms with Gasteiger partial charge in [0, 0.05) is 38.0 Å². The quantitative estimate of drug-likeness (QED) is 0.421. The number of carbonyl (C=O) groups is 1. The van der Waals surface area contributed by atoms with Crippen LogP contribution in [0, 0.1) is 0 Å². The number of methoxy groups -OCH3 is 2. The first-order valence-electron chi connectivity index (χ1n) is 11.1. The highest BCUT2D eigenvalue weighted by atomic mass is 19.3. The van der Waals surface area contributed by atoms with E-state index >= 15 is 0 Å². The van der Waals surface area contributed by atoms with Crippen molar-refractivity contribution in [1.82, 2.24) is 4.68 Å². The van der Waals surface area contributed by atoms with Crippen LogP contribution in [0.4, 0.5) is 8.78 Å². The Hall–Kier alpha value is -3.14. The number of halogens is 2. The molecular formula is C24H28F2N2O6. The van der Waals surface area contributed by atoms with Crippen LogP contribution in [-0.4, -0.2) is 50.2 Å². The fourth-order valence-electron chi connectivity index (χ4n) is 4.80. The van der Waals surface area contributed by atoms with Gasteiger partial charge in [0.1, 0.15) is 5.56 Å². The molecule has 1 saturated heterocycles. The summed E-state index contributed by atoms with van der Waals surface area (Å²) in [4.78, 5) is 25.0. The SMILES string of the molecule is COCCCOc1cc2c(cc1OC(F)F)-c1cc(=O)c(C(=O)OC)cn1N1[C@@H]2CCC1(C)C. The van der Waals surface area contributed by atoms with Crippen molar-refractivity contribution in [1.29, 1.82) is 0 Å². The third-order valence-corrected chi connectivity index (χ3v) is 6.33. The number of nitrogens with zero attached hydrogens (tertiary/aromatic N) is 2. The molecule has 1 aromatic heterocycles. The second-order valence-corrected chi connectivity index (χ2v) is 8.94. The summed E-state index contributed by atoms with van der Waals surface area (Å²) in [5.74, 6) is -0.643. The van der Waals surface area contributed by atoms with E-state index in [1.807, 2.05) is 0 Å². The van der Waals surface area contributed by atoms with Crippen LogP contribution in [0.25, 0.3) is 11.3 Å². The Balaban J connectivity index is 1.90. The van der Waals surface area contributed by atoms with Crippen molar-refractivity contribution >= 4 is 5.97 Å². The predicted octanol–water partition coefficient (Wildman–Crippen LogP) is 3.88. The van der Waals surface area contributed by atoms with Gasteiger partial charge in [-0.2, -0.15) is 8.78 Å². The van der Waals surface area contributed by atoms with E-state index in [2.05, 4.69) is 18.9 Å². The number of esters is 1. The summed E-state index contributed by atoms with van der Waals surface area (Å²) in [6, 6.07) is 4.42. The Bertz CT molecular complexity index is 1150. The van der Waals surface area contributed by atoms with Crippen LogP contribution in [0.2, 0.25) is 0 Å². The van der Waals surface area contributed by atoms with E-state index in [0.717, 1.165) is 18.4 Å². The van der Waals surface area contributed by atoms with Crippen LogP contribution in [0.5, 0.6) is 11.5 Å². The highest BCUT2D eigenvalue weighted by molar-refractivity contribution is 5.89. The zero-order chi connectivity index (χ0) is 24.6. The van der Waals surface area contributed by atoms with Gasteiger partial charge in [-0.25, -0.2) is 4.79 Å². The predicted molar refractivity (Wildman–Crippen MR) is 120 cm³/mol. The first kappa shape index (κ1) is 24.0. The average molecular weight is 478 g/mol. The van der Waals surface area contributed by atoms with Gasteiger partial charge in [-0.15, -0.1) is 0 Å². The largest absolute Gasteiger partial charge is 0.490 e. The van der Waals surface area contributed by atoms with E-state index in [1.54, 1.807) is 17.9 Å². The molecule has 0 N–H and O–H groups in total. The molecule has 3 heterocycles. The molecule has 0 aliphatic carbocycles. The first-order chi connectivity index (χ1) is 16.2. The third-order valence-electron chi connectivity index (χ3n) is 6.33. The smallest absolute Gasteiger partial charge is 0.387 e. The van der Waals surface area contributed by atoms with Crippen LogP contribution in [0.3, 0.4) is 0 Å². The Morgan fingerprint density at radius 1 is 1.18 bits per heavy atom. The van der Waals surface area contributed by atoms with Crippen molar-refractivity contribution in [2.45, 2.75) is 51.3 Å². The molecule has 2 aromatic rings. The van der Waals surface area contributed by atoms with Crippen LogP contribution in [0.1, 0.15) is 55.1 Å². The molecule has 2 aliphatic rings. The molecular weight excluding hydrogens is 450 g/mol. The van der Waals surface area contributed by atoms with Crippen molar-refractivity contribution in [3.8, 4) is 22.8 Å². The molecule has 0 saturated carbocycles. The topological polar surface area (TPSA) is 79.2 Å². The maximum absolute atomic E-state index is 13.2. The minimum Gasteiger partial charge on any atom is -0.490 e. The molecule has 1 atom stereocenters. The number of carbonyl (C=O) groups excluding carboxylic acids is 1. The van der Waals surface area contributed by atoms with Crippen LogP contribution >= 0.6 is 0 Å². The van der Waals surface area contributed by atoms with Gasteiger partial charge in [-0.1, -0.05) is 0 Å². The number of alkyl halides is 2. The van der Waals surface area contributed by atoms with E-state index in [0.29, 0.717) is 24.3 Å². The average Bonchev–Trinajstić information content (AvgIpc) is 3.11. The normalized spacial score (nSPS) is 17.7. The fourth-order valence-corrected chi connectivity index (χ4v) is 4.80. The highest BCUT2D eigenvalue weighted by Gasteiger charge is 2.45. The standard InChI is InChI=1S/C24H28F2N2O6/c1-24(2)7-6-17-14-10-20(33-9-5-8-31-3)21(34-23(25)26)11-15(14)18-12-19(29)16(22(30)32-4)13-27(18)28(17)24/h10-13,17,23H,5-9H2,1-4H3/t17-/m1/s1. The maximum Gasteiger partial charge on any atom is 0.387 e.